The van der Waals surface area contributed by atoms with E-state index in [9.17, 15) is 14.4 Å². The average Bonchev–Trinajstić information content (AvgIpc) is 2.72. The third-order valence-corrected chi connectivity index (χ3v) is 5.30. The number of nitrogens with zero attached hydrogens (tertiary/aromatic N) is 4. The van der Waals surface area contributed by atoms with Gasteiger partial charge in [-0.3, -0.25) is 14.4 Å². The van der Waals surface area contributed by atoms with Gasteiger partial charge in [0.1, 0.15) is 11.4 Å². The highest BCUT2D eigenvalue weighted by molar-refractivity contribution is 5.96. The predicted octanol–water partition coefficient (Wildman–Crippen LogP) is 1.40. The second-order valence-corrected chi connectivity index (χ2v) is 6.90. The van der Waals surface area contributed by atoms with Crippen molar-refractivity contribution in [3.05, 3.63) is 29.6 Å². The van der Waals surface area contributed by atoms with Crippen LogP contribution in [0.15, 0.2) is 18.2 Å². The predicted molar refractivity (Wildman–Crippen MR) is 96.7 cm³/mol. The fraction of sp³-hybridized carbons (Fsp3) is 0.579. The minimum Gasteiger partial charge on any atom is -0.342 e. The summed E-state index contributed by atoms with van der Waals surface area (Å²) in [5.41, 5.74) is 0.628. The molecule has 0 N–H and O–H groups in total. The quantitative estimate of drug-likeness (QED) is 0.763. The standard InChI is InChI=1S/C19H26N4O3/c1-2-15-6-3-4-9-23(15)19(26)17-8-5-7-16(20-17)18(25)22-12-10-21(14-24)11-13-22/h5,7-8,14-15H,2-4,6,9-13H2,1H3. The summed E-state index contributed by atoms with van der Waals surface area (Å²) < 4.78 is 0. The first-order chi connectivity index (χ1) is 12.6. The Hall–Kier alpha value is -2.44. The molecule has 1 aromatic rings. The number of piperazine rings is 1. The zero-order valence-electron chi connectivity index (χ0n) is 15.3. The van der Waals surface area contributed by atoms with Gasteiger partial charge in [0, 0.05) is 38.8 Å². The van der Waals surface area contributed by atoms with Crippen LogP contribution in [0.25, 0.3) is 0 Å². The summed E-state index contributed by atoms with van der Waals surface area (Å²) in [4.78, 5) is 46.0. The van der Waals surface area contributed by atoms with Gasteiger partial charge in [-0.2, -0.15) is 0 Å². The zero-order chi connectivity index (χ0) is 18.5. The third kappa shape index (κ3) is 3.86. The lowest BCUT2D eigenvalue weighted by atomic mass is 9.99. The van der Waals surface area contributed by atoms with Crippen LogP contribution in [0.5, 0.6) is 0 Å². The van der Waals surface area contributed by atoms with Crippen LogP contribution in [-0.4, -0.2) is 76.7 Å². The second-order valence-electron chi connectivity index (χ2n) is 6.90. The first-order valence-corrected chi connectivity index (χ1v) is 9.40. The molecule has 7 heteroatoms. The van der Waals surface area contributed by atoms with Gasteiger partial charge in [-0.1, -0.05) is 13.0 Å². The van der Waals surface area contributed by atoms with Crippen LogP contribution >= 0.6 is 0 Å². The molecule has 140 valence electrons. The van der Waals surface area contributed by atoms with Crippen LogP contribution < -0.4 is 0 Å². The zero-order valence-corrected chi connectivity index (χ0v) is 15.3. The van der Waals surface area contributed by atoms with Crippen molar-refractivity contribution in [3.8, 4) is 0 Å². The van der Waals surface area contributed by atoms with E-state index in [1.54, 1.807) is 28.0 Å². The summed E-state index contributed by atoms with van der Waals surface area (Å²) in [5, 5.41) is 0. The van der Waals surface area contributed by atoms with Crippen LogP contribution in [0.2, 0.25) is 0 Å². The first kappa shape index (κ1) is 18.4. The highest BCUT2D eigenvalue weighted by atomic mass is 16.2. The number of piperidine rings is 1. The van der Waals surface area contributed by atoms with Crippen molar-refractivity contribution in [2.24, 2.45) is 0 Å². The fourth-order valence-electron chi connectivity index (χ4n) is 3.70. The molecule has 1 aromatic heterocycles. The van der Waals surface area contributed by atoms with E-state index < -0.39 is 0 Å². The molecule has 0 aromatic carbocycles. The average molecular weight is 358 g/mol. The van der Waals surface area contributed by atoms with Gasteiger partial charge in [0.25, 0.3) is 11.8 Å². The molecule has 0 aliphatic carbocycles. The lowest BCUT2D eigenvalue weighted by Gasteiger charge is -2.35. The van der Waals surface area contributed by atoms with Gasteiger partial charge in [0.2, 0.25) is 6.41 Å². The van der Waals surface area contributed by atoms with Crippen molar-refractivity contribution >= 4 is 18.2 Å². The Balaban J connectivity index is 1.72. The Morgan fingerprint density at radius 2 is 1.77 bits per heavy atom. The van der Waals surface area contributed by atoms with Crippen molar-refractivity contribution in [1.82, 2.24) is 19.7 Å². The Bertz CT molecular complexity index is 671. The maximum absolute atomic E-state index is 12.9. The minimum absolute atomic E-state index is 0.0861. The number of amides is 3. The van der Waals surface area contributed by atoms with E-state index in [2.05, 4.69) is 11.9 Å². The van der Waals surface area contributed by atoms with Gasteiger partial charge in [-0.15, -0.1) is 0 Å². The Kier molecular flexibility index (Phi) is 5.85. The molecule has 3 heterocycles. The summed E-state index contributed by atoms with van der Waals surface area (Å²) in [7, 11) is 0. The van der Waals surface area contributed by atoms with Crippen LogP contribution in [0.1, 0.15) is 53.6 Å². The number of aromatic nitrogens is 1. The summed E-state index contributed by atoms with van der Waals surface area (Å²) in [6.07, 6.45) is 4.94. The van der Waals surface area contributed by atoms with E-state index in [-0.39, 0.29) is 17.9 Å². The number of carbonyl (C=O) groups excluding carboxylic acids is 3. The maximum atomic E-state index is 12.9. The van der Waals surface area contributed by atoms with Crippen molar-refractivity contribution in [2.75, 3.05) is 32.7 Å². The van der Waals surface area contributed by atoms with E-state index in [0.29, 0.717) is 37.6 Å². The number of hydrogen-bond donors (Lipinski definition) is 0. The minimum atomic E-state index is -0.184. The molecule has 3 rings (SSSR count). The molecule has 2 aliphatic heterocycles. The molecule has 2 saturated heterocycles. The summed E-state index contributed by atoms with van der Waals surface area (Å²) in [5.74, 6) is -0.271. The van der Waals surface area contributed by atoms with Crippen LogP contribution in [0, 0.1) is 0 Å². The van der Waals surface area contributed by atoms with Gasteiger partial charge >= 0.3 is 0 Å². The number of likely N-dealkylation sites (tertiary alicyclic amines) is 1. The Morgan fingerprint density at radius 3 is 2.42 bits per heavy atom. The molecular formula is C19H26N4O3. The van der Waals surface area contributed by atoms with Gasteiger partial charge < -0.3 is 14.7 Å². The van der Waals surface area contributed by atoms with Gasteiger partial charge in [0.15, 0.2) is 0 Å². The summed E-state index contributed by atoms with van der Waals surface area (Å²) in [6, 6.07) is 5.32. The molecule has 7 nitrogen and oxygen atoms in total. The van der Waals surface area contributed by atoms with E-state index in [1.807, 2.05) is 4.90 Å². The van der Waals surface area contributed by atoms with E-state index in [1.165, 1.54) is 0 Å². The molecule has 2 aliphatic rings. The molecule has 1 unspecified atom stereocenters. The molecule has 0 radical (unpaired) electrons. The second kappa shape index (κ2) is 8.29. The van der Waals surface area contributed by atoms with Crippen LogP contribution in [0.3, 0.4) is 0 Å². The van der Waals surface area contributed by atoms with Crippen molar-refractivity contribution in [1.29, 1.82) is 0 Å². The molecule has 0 saturated carbocycles. The molecule has 0 spiro atoms. The highest BCUT2D eigenvalue weighted by Crippen LogP contribution is 2.21. The molecule has 1 atom stereocenters. The van der Waals surface area contributed by atoms with Gasteiger partial charge in [0.05, 0.1) is 0 Å². The maximum Gasteiger partial charge on any atom is 0.272 e. The number of carbonyl (C=O) groups is 3. The van der Waals surface area contributed by atoms with E-state index in [0.717, 1.165) is 38.6 Å². The fourth-order valence-corrected chi connectivity index (χ4v) is 3.70. The largest absolute Gasteiger partial charge is 0.342 e. The smallest absolute Gasteiger partial charge is 0.272 e. The van der Waals surface area contributed by atoms with Crippen LogP contribution in [0.4, 0.5) is 0 Å². The molecule has 0 bridgehead atoms. The molecule has 2 fully saturated rings. The SMILES string of the molecule is CCC1CCCCN1C(=O)c1cccc(C(=O)N2CCN(C=O)CC2)n1. The topological polar surface area (TPSA) is 73.8 Å². The Morgan fingerprint density at radius 1 is 1.08 bits per heavy atom. The normalized spacial score (nSPS) is 20.8. The number of pyridine rings is 1. The van der Waals surface area contributed by atoms with E-state index >= 15 is 0 Å². The Labute approximate surface area is 154 Å². The van der Waals surface area contributed by atoms with Crippen molar-refractivity contribution in [3.63, 3.8) is 0 Å². The molecule has 26 heavy (non-hydrogen) atoms. The van der Waals surface area contributed by atoms with Crippen molar-refractivity contribution < 1.29 is 14.4 Å². The highest BCUT2D eigenvalue weighted by Gasteiger charge is 2.28. The lowest BCUT2D eigenvalue weighted by molar-refractivity contribution is -0.119. The lowest BCUT2D eigenvalue weighted by Crippen LogP contribution is -2.48. The summed E-state index contributed by atoms with van der Waals surface area (Å²) in [6.45, 7) is 4.88. The number of hydrogen-bond acceptors (Lipinski definition) is 4. The van der Waals surface area contributed by atoms with Crippen LogP contribution in [-0.2, 0) is 4.79 Å². The van der Waals surface area contributed by atoms with E-state index in [4.69, 9.17) is 0 Å². The molecular weight excluding hydrogens is 332 g/mol. The monoisotopic (exact) mass is 358 g/mol. The number of rotatable bonds is 4. The van der Waals surface area contributed by atoms with Gasteiger partial charge in [-0.05, 0) is 37.8 Å². The third-order valence-electron chi connectivity index (χ3n) is 5.30. The van der Waals surface area contributed by atoms with Crippen molar-refractivity contribution in [2.45, 2.75) is 38.6 Å². The first-order valence-electron chi connectivity index (χ1n) is 9.40. The summed E-state index contributed by atoms with van der Waals surface area (Å²) >= 11 is 0. The molecule has 3 amide bonds. The van der Waals surface area contributed by atoms with Gasteiger partial charge in [-0.25, -0.2) is 4.98 Å².